The van der Waals surface area contributed by atoms with Gasteiger partial charge in [0.2, 0.25) is 0 Å². The van der Waals surface area contributed by atoms with E-state index in [1.54, 1.807) is 30.4 Å². The van der Waals surface area contributed by atoms with Gasteiger partial charge in [-0.05, 0) is 75.1 Å². The van der Waals surface area contributed by atoms with Crippen LogP contribution in [-0.4, -0.2) is 41.5 Å². The Morgan fingerprint density at radius 2 is 2.19 bits per heavy atom. The molecule has 0 spiro atoms. The molecule has 2 aromatic rings. The Labute approximate surface area is 223 Å². The van der Waals surface area contributed by atoms with Gasteiger partial charge in [0.25, 0.3) is 0 Å². The predicted molar refractivity (Wildman–Crippen MR) is 156 cm³/mol. The zero-order chi connectivity index (χ0) is 26.2. The lowest BCUT2D eigenvalue weighted by Crippen LogP contribution is -2.52. The molecule has 0 aliphatic carbocycles. The summed E-state index contributed by atoms with van der Waals surface area (Å²) in [7, 11) is 0. The van der Waals surface area contributed by atoms with Gasteiger partial charge in [-0.3, -0.25) is 0 Å². The van der Waals surface area contributed by atoms with Crippen molar-refractivity contribution in [2.75, 3.05) is 25.0 Å². The number of fused-ring (bicyclic) bond motifs is 2. The highest BCUT2D eigenvalue weighted by molar-refractivity contribution is 7.17. The summed E-state index contributed by atoms with van der Waals surface area (Å²) in [6, 6.07) is 7.17. The van der Waals surface area contributed by atoms with Crippen molar-refractivity contribution in [3.63, 3.8) is 0 Å². The Morgan fingerprint density at radius 3 is 2.97 bits per heavy atom. The molecule has 2 aliphatic heterocycles. The minimum absolute atomic E-state index is 0.285. The van der Waals surface area contributed by atoms with Crippen LogP contribution in [0.1, 0.15) is 43.6 Å². The molecule has 1 atom stereocenters. The molecule has 3 N–H and O–H groups in total. The van der Waals surface area contributed by atoms with Crippen LogP contribution in [0.25, 0.3) is 6.08 Å². The van der Waals surface area contributed by atoms with E-state index in [9.17, 15) is 9.50 Å². The first kappa shape index (κ1) is 26.6. The van der Waals surface area contributed by atoms with E-state index >= 15 is 0 Å². The summed E-state index contributed by atoms with van der Waals surface area (Å²) >= 11 is 1.65. The number of piperazine rings is 1. The van der Waals surface area contributed by atoms with Crippen molar-refractivity contribution < 1.29 is 9.50 Å². The number of aliphatic hydroxyl groups excluding tert-OH is 1. The minimum Gasteiger partial charge on any atom is -0.513 e. The van der Waals surface area contributed by atoms with Crippen molar-refractivity contribution in [3.05, 3.63) is 94.9 Å². The molecule has 3 heterocycles. The molecule has 5 nitrogen and oxygen atoms in total. The van der Waals surface area contributed by atoms with Gasteiger partial charge < -0.3 is 20.6 Å². The van der Waals surface area contributed by atoms with Gasteiger partial charge in [0.1, 0.15) is 16.7 Å². The van der Waals surface area contributed by atoms with Crippen LogP contribution < -0.4 is 10.6 Å². The quantitative estimate of drug-likeness (QED) is 0.191. The number of allylic oxidation sites excluding steroid dienone is 8. The van der Waals surface area contributed by atoms with Crippen LogP contribution in [0, 0.1) is 5.82 Å². The molecule has 0 bridgehead atoms. The fourth-order valence-corrected chi connectivity index (χ4v) is 5.49. The van der Waals surface area contributed by atoms with Gasteiger partial charge in [-0.2, -0.15) is 0 Å². The van der Waals surface area contributed by atoms with Crippen LogP contribution in [-0.2, 0) is 0 Å². The second kappa shape index (κ2) is 12.7. The van der Waals surface area contributed by atoms with Crippen molar-refractivity contribution >= 4 is 39.6 Å². The number of thiophene rings is 1. The molecule has 0 saturated carbocycles. The van der Waals surface area contributed by atoms with Gasteiger partial charge in [-0.15, -0.1) is 17.9 Å². The Kier molecular flexibility index (Phi) is 9.14. The van der Waals surface area contributed by atoms with Gasteiger partial charge in [0.15, 0.2) is 0 Å². The Hall–Kier alpha value is -3.42. The molecule has 0 radical (unpaired) electrons. The van der Waals surface area contributed by atoms with E-state index in [1.807, 2.05) is 25.2 Å². The molecule has 1 saturated heterocycles. The molecule has 194 valence electrons. The van der Waals surface area contributed by atoms with Gasteiger partial charge in [0, 0.05) is 30.6 Å². The van der Waals surface area contributed by atoms with Gasteiger partial charge in [-0.25, -0.2) is 9.38 Å². The summed E-state index contributed by atoms with van der Waals surface area (Å²) in [5.41, 5.74) is 3.64. The maximum Gasteiger partial charge on any atom is 0.139 e. The summed E-state index contributed by atoms with van der Waals surface area (Å²) in [6.07, 6.45) is 16.6. The third-order valence-electron chi connectivity index (χ3n) is 6.27. The standard InChI is InChI=1S/C30H35FN4OS/c1-4-6-7-9-25-19-26-29(33-27-15-13-23(31)18-28(27)34-30(26)37-25)35-17-16-32-24(20-35)14-12-22(8-5-2)11-10-21(3)36/h4-5,7-11,13,15,18-19,24,32,34,36H,1,6,12,14,16-17,20H2,2-3H3/b8-5-,9-7?,21-10+,22-11+/t24-/m0/s1. The molecule has 1 aromatic carbocycles. The fourth-order valence-electron chi connectivity index (χ4n) is 4.49. The van der Waals surface area contributed by atoms with Crippen LogP contribution in [0.4, 0.5) is 20.8 Å². The zero-order valence-corrected chi connectivity index (χ0v) is 22.3. The second-order valence-electron chi connectivity index (χ2n) is 9.23. The Bertz CT molecular complexity index is 1270. The number of aliphatic imine (C=N–C) groups is 1. The number of amidine groups is 1. The minimum atomic E-state index is -0.285. The number of hydrogen-bond acceptors (Lipinski definition) is 6. The smallest absolute Gasteiger partial charge is 0.139 e. The van der Waals surface area contributed by atoms with Gasteiger partial charge >= 0.3 is 0 Å². The Morgan fingerprint density at radius 1 is 1.32 bits per heavy atom. The van der Waals surface area contributed by atoms with Gasteiger partial charge in [-0.1, -0.05) is 30.4 Å². The summed E-state index contributed by atoms with van der Waals surface area (Å²) in [6.45, 7) is 9.99. The molecule has 0 amide bonds. The first-order valence-corrected chi connectivity index (χ1v) is 13.5. The van der Waals surface area contributed by atoms with E-state index in [-0.39, 0.29) is 5.82 Å². The molecule has 7 heteroatoms. The number of nitrogens with zero attached hydrogens (tertiary/aromatic N) is 2. The van der Waals surface area contributed by atoms with E-state index in [0.717, 1.165) is 65.9 Å². The van der Waals surface area contributed by atoms with Crippen LogP contribution >= 0.6 is 11.3 Å². The number of aliphatic hydroxyl groups is 1. The summed E-state index contributed by atoms with van der Waals surface area (Å²) in [5, 5.41) is 17.6. The lowest BCUT2D eigenvalue weighted by Gasteiger charge is -2.36. The number of nitrogens with one attached hydrogen (secondary N) is 2. The van der Waals surface area contributed by atoms with Crippen molar-refractivity contribution in [1.29, 1.82) is 0 Å². The first-order valence-electron chi connectivity index (χ1n) is 12.7. The molecule has 4 rings (SSSR count). The first-order chi connectivity index (χ1) is 18.0. The number of benzene rings is 1. The second-order valence-corrected chi connectivity index (χ2v) is 10.3. The topological polar surface area (TPSA) is 59.9 Å². The number of hydrogen-bond donors (Lipinski definition) is 3. The molecule has 2 aliphatic rings. The van der Waals surface area contributed by atoms with Crippen molar-refractivity contribution in [2.45, 2.75) is 39.2 Å². The van der Waals surface area contributed by atoms with E-state index in [2.05, 4.69) is 46.4 Å². The van der Waals surface area contributed by atoms with Crippen LogP contribution in [0.5, 0.6) is 0 Å². The fraction of sp³-hybridized carbons (Fsp3) is 0.300. The third-order valence-corrected chi connectivity index (χ3v) is 7.28. The number of rotatable bonds is 8. The molecule has 1 aromatic heterocycles. The molecule has 0 unspecified atom stereocenters. The maximum absolute atomic E-state index is 14.1. The molecule has 1 fully saturated rings. The predicted octanol–water partition coefficient (Wildman–Crippen LogP) is 7.63. The largest absolute Gasteiger partial charge is 0.513 e. The van der Waals surface area contributed by atoms with Crippen molar-refractivity contribution in [3.8, 4) is 0 Å². The van der Waals surface area contributed by atoms with Crippen LogP contribution in [0.3, 0.4) is 0 Å². The zero-order valence-electron chi connectivity index (χ0n) is 21.5. The average Bonchev–Trinajstić information content (AvgIpc) is 3.20. The average molecular weight is 519 g/mol. The highest BCUT2D eigenvalue weighted by Gasteiger charge is 2.28. The Balaban J connectivity index is 1.60. The summed E-state index contributed by atoms with van der Waals surface area (Å²) in [4.78, 5) is 8.52. The molecular weight excluding hydrogens is 483 g/mol. The summed E-state index contributed by atoms with van der Waals surface area (Å²) < 4.78 is 14.1. The van der Waals surface area contributed by atoms with E-state index in [1.165, 1.54) is 17.7 Å². The normalized spacial score (nSPS) is 18.4. The van der Waals surface area contributed by atoms with Gasteiger partial charge in [0.05, 0.1) is 22.7 Å². The van der Waals surface area contributed by atoms with Crippen LogP contribution in [0.2, 0.25) is 0 Å². The lowest BCUT2D eigenvalue weighted by molar-refractivity contribution is 0.282. The van der Waals surface area contributed by atoms with E-state index in [4.69, 9.17) is 4.99 Å². The van der Waals surface area contributed by atoms with Crippen molar-refractivity contribution in [2.24, 2.45) is 4.99 Å². The lowest BCUT2D eigenvalue weighted by atomic mass is 10.0. The summed E-state index contributed by atoms with van der Waals surface area (Å²) in [5.74, 6) is 0.934. The van der Waals surface area contributed by atoms with Crippen molar-refractivity contribution in [1.82, 2.24) is 10.2 Å². The SMILES string of the molecule is C=CCC=Cc1cc2c(s1)Nc1cc(F)ccc1N=C2N1CCN[C@@H](CCC(/C=C\C)=C/C=C(\C)O)C1. The van der Waals surface area contributed by atoms with Crippen LogP contribution in [0.15, 0.2) is 83.6 Å². The van der Waals surface area contributed by atoms with E-state index in [0.29, 0.717) is 17.5 Å². The molecule has 37 heavy (non-hydrogen) atoms. The van der Waals surface area contributed by atoms with E-state index < -0.39 is 0 Å². The highest BCUT2D eigenvalue weighted by Crippen LogP contribution is 2.40. The third kappa shape index (κ3) is 7.08. The molecular formula is C30H35FN4OS. The highest BCUT2D eigenvalue weighted by atomic mass is 32.1. The maximum atomic E-state index is 14.1. The number of anilines is 2. The monoisotopic (exact) mass is 518 g/mol. The number of halogens is 1.